The van der Waals surface area contributed by atoms with Crippen molar-refractivity contribution in [3.8, 4) is 0 Å². The summed E-state index contributed by atoms with van der Waals surface area (Å²) in [7, 11) is 0. The molecule has 24 heavy (non-hydrogen) atoms. The molecule has 2 unspecified atom stereocenters. The zero-order valence-corrected chi connectivity index (χ0v) is 14.1. The minimum absolute atomic E-state index is 0.0595. The molecule has 0 radical (unpaired) electrons. The van der Waals surface area contributed by atoms with Crippen molar-refractivity contribution in [1.29, 1.82) is 0 Å². The molecule has 1 aromatic heterocycles. The Morgan fingerprint density at radius 3 is 3.08 bits per heavy atom. The highest BCUT2D eigenvalue weighted by atomic mass is 16.3. The third kappa shape index (κ3) is 3.59. The van der Waals surface area contributed by atoms with Gasteiger partial charge in [-0.1, -0.05) is 30.7 Å². The van der Waals surface area contributed by atoms with Crippen LogP contribution >= 0.6 is 0 Å². The van der Waals surface area contributed by atoms with Gasteiger partial charge in [-0.25, -0.2) is 0 Å². The highest BCUT2D eigenvalue weighted by Gasteiger charge is 2.29. The van der Waals surface area contributed by atoms with Gasteiger partial charge in [0.1, 0.15) is 6.54 Å². The number of benzene rings is 1. The molecule has 0 fully saturated rings. The van der Waals surface area contributed by atoms with Gasteiger partial charge in [0.15, 0.2) is 0 Å². The molecule has 3 N–H and O–H groups in total. The van der Waals surface area contributed by atoms with E-state index in [2.05, 4.69) is 47.8 Å². The quantitative estimate of drug-likeness (QED) is 0.753. The summed E-state index contributed by atoms with van der Waals surface area (Å²) in [6.45, 7) is 4.72. The lowest BCUT2D eigenvalue weighted by Crippen LogP contribution is -2.30. The van der Waals surface area contributed by atoms with E-state index in [0.29, 0.717) is 5.92 Å². The standard InChI is InChI=1S/C18H24N4O2/c1-12-3-4-14-8-13(2)18(16(14)7-12)21-15-9-20-22(10-15)11-17(24)19-5-6-23/h3-4,7,9-10,13,18,21,23H,5-6,8,11H2,1-2H3,(H,19,24). The van der Waals surface area contributed by atoms with Crippen LogP contribution < -0.4 is 10.6 Å². The van der Waals surface area contributed by atoms with Crippen molar-refractivity contribution < 1.29 is 9.90 Å². The Balaban J connectivity index is 1.67. The molecule has 1 aliphatic rings. The zero-order valence-electron chi connectivity index (χ0n) is 14.1. The second-order valence-corrected chi connectivity index (χ2v) is 6.51. The molecule has 2 atom stereocenters. The molecule has 6 nitrogen and oxygen atoms in total. The minimum atomic E-state index is -0.158. The lowest BCUT2D eigenvalue weighted by atomic mass is 10.0. The van der Waals surface area contributed by atoms with Gasteiger partial charge in [0.2, 0.25) is 5.91 Å². The maximum Gasteiger partial charge on any atom is 0.241 e. The Morgan fingerprint density at radius 2 is 2.29 bits per heavy atom. The third-order valence-electron chi connectivity index (χ3n) is 4.44. The van der Waals surface area contributed by atoms with Crippen LogP contribution in [0.25, 0.3) is 0 Å². The number of nitrogens with one attached hydrogen (secondary N) is 2. The van der Waals surface area contributed by atoms with Crippen molar-refractivity contribution in [2.75, 3.05) is 18.5 Å². The molecule has 3 rings (SSSR count). The maximum absolute atomic E-state index is 11.7. The topological polar surface area (TPSA) is 79.2 Å². The number of fused-ring (bicyclic) bond motifs is 1. The lowest BCUT2D eigenvalue weighted by Gasteiger charge is -2.19. The summed E-state index contributed by atoms with van der Waals surface area (Å²) in [5, 5.41) is 19.1. The molecule has 0 bridgehead atoms. The van der Waals surface area contributed by atoms with Crippen LogP contribution in [0.5, 0.6) is 0 Å². The zero-order chi connectivity index (χ0) is 17.1. The number of aliphatic hydroxyl groups excluding tert-OH is 1. The van der Waals surface area contributed by atoms with Gasteiger partial charge in [-0.2, -0.15) is 5.10 Å². The molecule has 0 spiro atoms. The van der Waals surface area contributed by atoms with E-state index in [9.17, 15) is 4.79 Å². The second-order valence-electron chi connectivity index (χ2n) is 6.51. The Bertz CT molecular complexity index is 726. The number of amides is 1. The predicted molar refractivity (Wildman–Crippen MR) is 92.7 cm³/mol. The fraction of sp³-hybridized carbons (Fsp3) is 0.444. The summed E-state index contributed by atoms with van der Waals surface area (Å²) in [6.07, 6.45) is 4.67. The molecule has 0 saturated heterocycles. The summed E-state index contributed by atoms with van der Waals surface area (Å²) in [4.78, 5) is 11.7. The number of anilines is 1. The Labute approximate surface area is 141 Å². The average Bonchev–Trinajstić information content (AvgIpc) is 3.11. The van der Waals surface area contributed by atoms with Gasteiger partial charge in [-0.05, 0) is 30.4 Å². The fourth-order valence-corrected chi connectivity index (χ4v) is 3.28. The van der Waals surface area contributed by atoms with Crippen molar-refractivity contribution in [3.63, 3.8) is 0 Å². The largest absolute Gasteiger partial charge is 0.395 e. The maximum atomic E-state index is 11.7. The van der Waals surface area contributed by atoms with Gasteiger partial charge in [0.05, 0.1) is 24.5 Å². The van der Waals surface area contributed by atoms with Crippen LogP contribution in [-0.2, 0) is 17.8 Å². The SMILES string of the molecule is Cc1ccc2c(c1)C(Nc1cnn(CC(=O)NCCO)c1)C(C)C2. The number of hydrogen-bond donors (Lipinski definition) is 3. The molecule has 1 heterocycles. The van der Waals surface area contributed by atoms with Crippen LogP contribution in [0.2, 0.25) is 0 Å². The number of carbonyl (C=O) groups excluding carboxylic acids is 1. The summed E-state index contributed by atoms with van der Waals surface area (Å²) in [5.74, 6) is 0.354. The summed E-state index contributed by atoms with van der Waals surface area (Å²) in [6, 6.07) is 6.90. The van der Waals surface area contributed by atoms with Crippen molar-refractivity contribution in [2.24, 2.45) is 5.92 Å². The van der Waals surface area contributed by atoms with Crippen molar-refractivity contribution in [1.82, 2.24) is 15.1 Å². The van der Waals surface area contributed by atoms with E-state index in [1.54, 1.807) is 10.9 Å². The number of aliphatic hydroxyl groups is 1. The molecule has 128 valence electrons. The highest BCUT2D eigenvalue weighted by molar-refractivity contribution is 5.75. The van der Waals surface area contributed by atoms with Gasteiger partial charge < -0.3 is 15.7 Å². The molecule has 2 aromatic rings. The van der Waals surface area contributed by atoms with Crippen LogP contribution in [0.3, 0.4) is 0 Å². The molecule has 1 aliphatic carbocycles. The van der Waals surface area contributed by atoms with E-state index >= 15 is 0 Å². The first-order valence-corrected chi connectivity index (χ1v) is 8.33. The van der Waals surface area contributed by atoms with E-state index in [0.717, 1.165) is 12.1 Å². The number of aryl methyl sites for hydroxylation is 1. The first-order valence-electron chi connectivity index (χ1n) is 8.33. The van der Waals surface area contributed by atoms with Crippen molar-refractivity contribution >= 4 is 11.6 Å². The van der Waals surface area contributed by atoms with E-state index in [1.165, 1.54) is 16.7 Å². The van der Waals surface area contributed by atoms with Gasteiger partial charge >= 0.3 is 0 Å². The van der Waals surface area contributed by atoms with Gasteiger partial charge in [0, 0.05) is 12.7 Å². The van der Waals surface area contributed by atoms with Gasteiger partial charge in [-0.15, -0.1) is 0 Å². The average molecular weight is 328 g/mol. The number of nitrogens with zero attached hydrogens (tertiary/aromatic N) is 2. The molecular formula is C18H24N4O2. The normalized spacial score (nSPS) is 19.1. The van der Waals surface area contributed by atoms with Crippen molar-refractivity contribution in [2.45, 2.75) is 32.9 Å². The minimum Gasteiger partial charge on any atom is -0.395 e. The molecular weight excluding hydrogens is 304 g/mol. The van der Waals surface area contributed by atoms with E-state index in [-0.39, 0.29) is 31.6 Å². The number of rotatable bonds is 6. The Hall–Kier alpha value is -2.34. The molecule has 6 heteroatoms. The lowest BCUT2D eigenvalue weighted by molar-refractivity contribution is -0.122. The molecule has 0 aliphatic heterocycles. The first kappa shape index (κ1) is 16.5. The van der Waals surface area contributed by atoms with Crippen LogP contribution in [0, 0.1) is 12.8 Å². The van der Waals surface area contributed by atoms with Crippen molar-refractivity contribution in [3.05, 3.63) is 47.3 Å². The first-order chi connectivity index (χ1) is 11.6. The summed E-state index contributed by atoms with van der Waals surface area (Å²) < 4.78 is 1.60. The smallest absolute Gasteiger partial charge is 0.241 e. The molecule has 1 aromatic carbocycles. The number of aromatic nitrogens is 2. The molecule has 0 saturated carbocycles. The van der Waals surface area contributed by atoms with Crippen LogP contribution in [0.4, 0.5) is 5.69 Å². The number of carbonyl (C=O) groups is 1. The van der Waals surface area contributed by atoms with E-state index < -0.39 is 0 Å². The second kappa shape index (κ2) is 7.05. The Kier molecular flexibility index (Phi) is 4.85. The van der Waals surface area contributed by atoms with Crippen LogP contribution in [0.15, 0.2) is 30.6 Å². The third-order valence-corrected chi connectivity index (χ3v) is 4.44. The monoisotopic (exact) mass is 328 g/mol. The molecule has 1 amide bonds. The fourth-order valence-electron chi connectivity index (χ4n) is 3.28. The predicted octanol–water partition coefficient (Wildman–Crippen LogP) is 1.65. The van der Waals surface area contributed by atoms with Gasteiger partial charge in [-0.3, -0.25) is 9.48 Å². The summed E-state index contributed by atoms with van der Waals surface area (Å²) in [5.41, 5.74) is 4.94. The van der Waals surface area contributed by atoms with Crippen LogP contribution in [0.1, 0.15) is 29.7 Å². The summed E-state index contributed by atoms with van der Waals surface area (Å²) >= 11 is 0. The van der Waals surface area contributed by atoms with Gasteiger partial charge in [0.25, 0.3) is 0 Å². The van der Waals surface area contributed by atoms with E-state index in [4.69, 9.17) is 5.11 Å². The van der Waals surface area contributed by atoms with E-state index in [1.807, 2.05) is 6.20 Å². The number of hydrogen-bond acceptors (Lipinski definition) is 4. The highest BCUT2D eigenvalue weighted by Crippen LogP contribution is 2.38. The Morgan fingerprint density at radius 1 is 1.46 bits per heavy atom. The van der Waals surface area contributed by atoms with Crippen LogP contribution in [-0.4, -0.2) is 33.9 Å².